The summed E-state index contributed by atoms with van der Waals surface area (Å²) in [5.74, 6) is 1.04. The highest BCUT2D eigenvalue weighted by Gasteiger charge is 2.30. The lowest BCUT2D eigenvalue weighted by molar-refractivity contribution is -0.120. The Kier molecular flexibility index (Phi) is 7.28. The number of ether oxygens (including phenoxy) is 2. The first kappa shape index (κ1) is 20.5. The molecular formula is C18H28N2O5S. The molecular weight excluding hydrogens is 356 g/mol. The molecule has 1 fully saturated rings. The summed E-state index contributed by atoms with van der Waals surface area (Å²) in [6.07, 6.45) is 1.06. The van der Waals surface area contributed by atoms with Crippen molar-refractivity contribution < 1.29 is 22.7 Å². The predicted molar refractivity (Wildman–Crippen MR) is 101 cm³/mol. The Balaban J connectivity index is 1.99. The van der Waals surface area contributed by atoms with E-state index in [1.807, 2.05) is 13.8 Å². The number of anilines is 1. The molecule has 0 saturated carbocycles. The van der Waals surface area contributed by atoms with Crippen LogP contribution >= 0.6 is 0 Å². The van der Waals surface area contributed by atoms with E-state index < -0.39 is 10.0 Å². The molecule has 1 heterocycles. The summed E-state index contributed by atoms with van der Waals surface area (Å²) in [5, 5.41) is 2.90. The quantitative estimate of drug-likeness (QED) is 0.744. The fourth-order valence-electron chi connectivity index (χ4n) is 2.95. The highest BCUT2D eigenvalue weighted by atomic mass is 32.2. The first-order valence-corrected chi connectivity index (χ1v) is 10.7. The smallest absolute Gasteiger partial charge is 0.227 e. The Labute approximate surface area is 155 Å². The van der Waals surface area contributed by atoms with Crippen molar-refractivity contribution in [2.75, 3.05) is 37.4 Å². The van der Waals surface area contributed by atoms with Gasteiger partial charge in [0.05, 0.1) is 19.0 Å². The maximum atomic E-state index is 12.5. The Hall–Kier alpha value is -1.80. The molecule has 1 aromatic carbocycles. The van der Waals surface area contributed by atoms with Crippen LogP contribution in [0.3, 0.4) is 0 Å². The minimum Gasteiger partial charge on any atom is -0.490 e. The van der Waals surface area contributed by atoms with Gasteiger partial charge in [0, 0.05) is 30.8 Å². The van der Waals surface area contributed by atoms with Gasteiger partial charge in [-0.25, -0.2) is 12.7 Å². The Morgan fingerprint density at radius 1 is 1.12 bits per heavy atom. The highest BCUT2D eigenvalue weighted by molar-refractivity contribution is 7.89. The molecule has 0 radical (unpaired) electrons. The summed E-state index contributed by atoms with van der Waals surface area (Å²) < 4.78 is 36.4. The molecule has 0 atom stereocenters. The van der Waals surface area contributed by atoms with Gasteiger partial charge in [-0.1, -0.05) is 0 Å². The van der Waals surface area contributed by atoms with E-state index >= 15 is 0 Å². The van der Waals surface area contributed by atoms with E-state index in [4.69, 9.17) is 9.47 Å². The number of benzene rings is 1. The summed E-state index contributed by atoms with van der Waals surface area (Å²) in [4.78, 5) is 12.5. The molecule has 0 aromatic heterocycles. The Bertz CT molecular complexity index is 712. The van der Waals surface area contributed by atoms with Gasteiger partial charge in [0.2, 0.25) is 15.9 Å². The molecule has 1 aromatic rings. The van der Waals surface area contributed by atoms with E-state index in [0.29, 0.717) is 56.3 Å². The van der Waals surface area contributed by atoms with Crippen LogP contribution in [0.5, 0.6) is 11.5 Å². The molecule has 146 valence electrons. The van der Waals surface area contributed by atoms with Crippen LogP contribution in [-0.2, 0) is 14.8 Å². The van der Waals surface area contributed by atoms with Crippen LogP contribution in [0.4, 0.5) is 5.69 Å². The molecule has 8 heteroatoms. The van der Waals surface area contributed by atoms with Gasteiger partial charge in [-0.05, 0) is 45.7 Å². The summed E-state index contributed by atoms with van der Waals surface area (Å²) in [6.45, 7) is 7.24. The second kappa shape index (κ2) is 9.23. The summed E-state index contributed by atoms with van der Waals surface area (Å²) in [6, 6.07) is 5.31. The van der Waals surface area contributed by atoms with Gasteiger partial charge in [-0.2, -0.15) is 0 Å². The third kappa shape index (κ3) is 5.11. The number of hydrogen-bond donors (Lipinski definition) is 1. The predicted octanol–water partition coefficient (Wildman–Crippen LogP) is 2.48. The molecule has 7 nitrogen and oxygen atoms in total. The van der Waals surface area contributed by atoms with Crippen molar-refractivity contribution in [1.82, 2.24) is 4.31 Å². The number of amides is 1. The maximum Gasteiger partial charge on any atom is 0.227 e. The van der Waals surface area contributed by atoms with E-state index in [9.17, 15) is 13.2 Å². The summed E-state index contributed by atoms with van der Waals surface area (Å²) in [7, 11) is -3.18. The van der Waals surface area contributed by atoms with E-state index in [2.05, 4.69) is 5.32 Å². The number of nitrogens with zero attached hydrogens (tertiary/aromatic N) is 1. The van der Waals surface area contributed by atoms with Gasteiger partial charge in [0.25, 0.3) is 0 Å². The van der Waals surface area contributed by atoms with Gasteiger partial charge < -0.3 is 14.8 Å². The molecule has 0 spiro atoms. The molecule has 1 aliphatic rings. The van der Waals surface area contributed by atoms with Crippen LogP contribution in [0.1, 0.15) is 33.6 Å². The normalized spacial score (nSPS) is 16.3. The van der Waals surface area contributed by atoms with E-state index in [1.54, 1.807) is 25.1 Å². The van der Waals surface area contributed by atoms with E-state index in [1.165, 1.54) is 4.31 Å². The monoisotopic (exact) mass is 384 g/mol. The lowest BCUT2D eigenvalue weighted by Gasteiger charge is -2.30. The SMILES string of the molecule is CCOc1ccc(NC(=O)C2CCN(S(=O)(=O)CC)CC2)cc1OCC. The molecule has 1 amide bonds. The Morgan fingerprint density at radius 3 is 2.31 bits per heavy atom. The first-order valence-electron chi connectivity index (χ1n) is 9.09. The summed E-state index contributed by atoms with van der Waals surface area (Å²) in [5.41, 5.74) is 0.644. The van der Waals surface area contributed by atoms with Crippen molar-refractivity contribution in [3.05, 3.63) is 18.2 Å². The van der Waals surface area contributed by atoms with Crippen molar-refractivity contribution in [3.63, 3.8) is 0 Å². The van der Waals surface area contributed by atoms with Crippen LogP contribution in [0.15, 0.2) is 18.2 Å². The van der Waals surface area contributed by atoms with Gasteiger partial charge in [-0.3, -0.25) is 4.79 Å². The molecule has 1 N–H and O–H groups in total. The fraction of sp³-hybridized carbons (Fsp3) is 0.611. The number of carbonyl (C=O) groups is 1. The van der Waals surface area contributed by atoms with Crippen LogP contribution < -0.4 is 14.8 Å². The fourth-order valence-corrected chi connectivity index (χ4v) is 4.08. The van der Waals surface area contributed by atoms with Gasteiger partial charge in [0.1, 0.15) is 0 Å². The molecule has 0 aliphatic carbocycles. The largest absolute Gasteiger partial charge is 0.490 e. The van der Waals surface area contributed by atoms with Crippen LogP contribution in [0.25, 0.3) is 0 Å². The average molecular weight is 384 g/mol. The van der Waals surface area contributed by atoms with Gasteiger partial charge >= 0.3 is 0 Å². The molecule has 0 bridgehead atoms. The third-order valence-corrected chi connectivity index (χ3v) is 6.28. The number of carbonyl (C=O) groups excluding carboxylic acids is 1. The maximum absolute atomic E-state index is 12.5. The lowest BCUT2D eigenvalue weighted by atomic mass is 9.97. The topological polar surface area (TPSA) is 84.9 Å². The molecule has 0 unspecified atom stereocenters. The number of sulfonamides is 1. The molecule has 1 aliphatic heterocycles. The molecule has 26 heavy (non-hydrogen) atoms. The van der Waals surface area contributed by atoms with Crippen molar-refractivity contribution >= 4 is 21.6 Å². The van der Waals surface area contributed by atoms with E-state index in [-0.39, 0.29) is 17.6 Å². The number of piperidine rings is 1. The first-order chi connectivity index (χ1) is 12.4. The minimum atomic E-state index is -3.18. The van der Waals surface area contributed by atoms with Crippen LogP contribution in [0, 0.1) is 5.92 Å². The average Bonchev–Trinajstić information content (AvgIpc) is 2.64. The van der Waals surface area contributed by atoms with E-state index in [0.717, 1.165) is 0 Å². The van der Waals surface area contributed by atoms with Crippen molar-refractivity contribution in [2.24, 2.45) is 5.92 Å². The zero-order chi connectivity index (χ0) is 19.2. The molecule has 1 saturated heterocycles. The number of rotatable bonds is 8. The van der Waals surface area contributed by atoms with Crippen molar-refractivity contribution in [3.8, 4) is 11.5 Å². The zero-order valence-electron chi connectivity index (χ0n) is 15.7. The number of nitrogens with one attached hydrogen (secondary N) is 1. The van der Waals surface area contributed by atoms with Crippen molar-refractivity contribution in [1.29, 1.82) is 0 Å². The second-order valence-electron chi connectivity index (χ2n) is 6.09. The zero-order valence-corrected chi connectivity index (χ0v) is 16.5. The lowest BCUT2D eigenvalue weighted by Crippen LogP contribution is -2.42. The van der Waals surface area contributed by atoms with Crippen molar-refractivity contribution in [2.45, 2.75) is 33.6 Å². The standard InChI is InChI=1S/C18H28N2O5S/c1-4-24-16-8-7-15(13-17(16)25-5-2)19-18(21)14-9-11-20(12-10-14)26(22,23)6-3/h7-8,13-14H,4-6,9-12H2,1-3H3,(H,19,21). The minimum absolute atomic E-state index is 0.0924. The third-order valence-electron chi connectivity index (χ3n) is 4.39. The second-order valence-corrected chi connectivity index (χ2v) is 8.35. The highest BCUT2D eigenvalue weighted by Crippen LogP contribution is 2.31. The molecule has 2 rings (SSSR count). The van der Waals surface area contributed by atoms with Crippen LogP contribution in [0.2, 0.25) is 0 Å². The van der Waals surface area contributed by atoms with Gasteiger partial charge in [0.15, 0.2) is 11.5 Å². The summed E-state index contributed by atoms with van der Waals surface area (Å²) >= 11 is 0. The Morgan fingerprint density at radius 2 is 1.73 bits per heavy atom. The van der Waals surface area contributed by atoms with Crippen LogP contribution in [-0.4, -0.2) is 50.7 Å². The number of hydrogen-bond acceptors (Lipinski definition) is 5. The van der Waals surface area contributed by atoms with Gasteiger partial charge in [-0.15, -0.1) is 0 Å².